The number of methoxy groups -OCH3 is 2. The lowest BCUT2D eigenvalue weighted by atomic mass is 9.96. The largest absolute Gasteiger partial charge is 0.493 e. The van der Waals surface area contributed by atoms with E-state index in [4.69, 9.17) is 9.47 Å². The van der Waals surface area contributed by atoms with Crippen molar-refractivity contribution in [1.82, 2.24) is 9.21 Å². The lowest BCUT2D eigenvalue weighted by molar-refractivity contribution is -0.138. The molecule has 0 spiro atoms. The molecular formula is C23H29N3O6S. The van der Waals surface area contributed by atoms with E-state index in [1.54, 1.807) is 25.2 Å². The Hall–Kier alpha value is -3.11. The van der Waals surface area contributed by atoms with Crippen molar-refractivity contribution in [2.75, 3.05) is 46.2 Å². The first-order valence-corrected chi connectivity index (χ1v) is 12.0. The zero-order valence-corrected chi connectivity index (χ0v) is 19.8. The predicted molar refractivity (Wildman–Crippen MR) is 124 cm³/mol. The van der Waals surface area contributed by atoms with Crippen LogP contribution in [0.15, 0.2) is 53.4 Å². The summed E-state index contributed by atoms with van der Waals surface area (Å²) in [7, 11) is 0.778. The number of nitrogens with zero attached hydrogens (tertiary/aromatic N) is 2. The van der Waals surface area contributed by atoms with Gasteiger partial charge in [0.2, 0.25) is 21.8 Å². The molecule has 33 heavy (non-hydrogen) atoms. The predicted octanol–water partition coefficient (Wildman–Crippen LogP) is 2.20. The van der Waals surface area contributed by atoms with Gasteiger partial charge in [0.15, 0.2) is 11.5 Å². The molecule has 10 heteroatoms. The highest BCUT2D eigenvalue weighted by molar-refractivity contribution is 7.89. The molecule has 1 aliphatic rings. The van der Waals surface area contributed by atoms with Crippen LogP contribution in [0, 0.1) is 5.92 Å². The van der Waals surface area contributed by atoms with Crippen LogP contribution in [0.2, 0.25) is 0 Å². The van der Waals surface area contributed by atoms with E-state index in [2.05, 4.69) is 5.32 Å². The molecule has 0 bridgehead atoms. The van der Waals surface area contributed by atoms with E-state index in [1.807, 2.05) is 18.2 Å². The summed E-state index contributed by atoms with van der Waals surface area (Å²) in [6.45, 7) is 0.367. The zero-order chi connectivity index (χ0) is 24.0. The molecule has 0 unspecified atom stereocenters. The molecular weight excluding hydrogens is 446 g/mol. The molecule has 0 aromatic heterocycles. The van der Waals surface area contributed by atoms with Gasteiger partial charge in [-0.1, -0.05) is 18.2 Å². The Kier molecular flexibility index (Phi) is 7.93. The van der Waals surface area contributed by atoms with Crippen LogP contribution in [0.3, 0.4) is 0 Å². The fourth-order valence-corrected chi connectivity index (χ4v) is 5.28. The van der Waals surface area contributed by atoms with E-state index in [0.717, 1.165) is 0 Å². The van der Waals surface area contributed by atoms with Crippen molar-refractivity contribution in [2.45, 2.75) is 17.7 Å². The van der Waals surface area contributed by atoms with Crippen LogP contribution in [-0.4, -0.2) is 70.3 Å². The summed E-state index contributed by atoms with van der Waals surface area (Å²) in [5.74, 6) is -0.0117. The van der Waals surface area contributed by atoms with Gasteiger partial charge in [0.05, 0.1) is 25.7 Å². The summed E-state index contributed by atoms with van der Waals surface area (Å²) in [6, 6.07) is 13.5. The molecule has 9 nitrogen and oxygen atoms in total. The third kappa shape index (κ3) is 5.82. The summed E-state index contributed by atoms with van der Waals surface area (Å²) in [6.07, 6.45) is 0.770. The Morgan fingerprint density at radius 1 is 1.03 bits per heavy atom. The van der Waals surface area contributed by atoms with Crippen molar-refractivity contribution in [3.05, 3.63) is 48.5 Å². The summed E-state index contributed by atoms with van der Waals surface area (Å²) in [5, 5.41) is 2.75. The summed E-state index contributed by atoms with van der Waals surface area (Å²) >= 11 is 0. The normalized spacial score (nSPS) is 15.0. The SMILES string of the molecule is COc1ccc(S(=O)(=O)N2CCC(C(=O)N(C)CC(=O)Nc3ccccc3)CC2)cc1OC. The van der Waals surface area contributed by atoms with Crippen LogP contribution in [-0.2, 0) is 19.6 Å². The molecule has 0 aliphatic carbocycles. The third-order valence-corrected chi connectivity index (χ3v) is 7.51. The van der Waals surface area contributed by atoms with Crippen molar-refractivity contribution in [2.24, 2.45) is 5.92 Å². The summed E-state index contributed by atoms with van der Waals surface area (Å²) < 4.78 is 37.9. The molecule has 178 valence electrons. The quantitative estimate of drug-likeness (QED) is 0.628. The second kappa shape index (κ2) is 10.7. The minimum absolute atomic E-state index is 0.0715. The van der Waals surface area contributed by atoms with Gasteiger partial charge >= 0.3 is 0 Å². The van der Waals surface area contributed by atoms with Crippen LogP contribution < -0.4 is 14.8 Å². The topological polar surface area (TPSA) is 105 Å². The Morgan fingerprint density at radius 3 is 2.27 bits per heavy atom. The number of rotatable bonds is 8. The molecule has 2 aromatic carbocycles. The molecule has 1 aliphatic heterocycles. The molecule has 1 saturated heterocycles. The number of anilines is 1. The number of carbonyl (C=O) groups is 2. The fourth-order valence-electron chi connectivity index (χ4n) is 3.80. The molecule has 1 N–H and O–H groups in total. The molecule has 0 saturated carbocycles. The molecule has 1 heterocycles. The van der Waals surface area contributed by atoms with Gasteiger partial charge in [0, 0.05) is 37.8 Å². The molecule has 3 rings (SSSR count). The lowest BCUT2D eigenvalue weighted by Crippen LogP contribution is -2.45. The Labute approximate surface area is 194 Å². The van der Waals surface area contributed by atoms with Gasteiger partial charge in [0.25, 0.3) is 0 Å². The number of likely N-dealkylation sites (N-methyl/N-ethyl adjacent to an activating group) is 1. The molecule has 0 radical (unpaired) electrons. The number of amides is 2. The van der Waals surface area contributed by atoms with Crippen LogP contribution in [0.5, 0.6) is 11.5 Å². The highest BCUT2D eigenvalue weighted by Gasteiger charge is 2.34. The number of para-hydroxylation sites is 1. The summed E-state index contributed by atoms with van der Waals surface area (Å²) in [4.78, 5) is 26.6. The maximum atomic E-state index is 13.1. The number of piperidine rings is 1. The maximum Gasteiger partial charge on any atom is 0.243 e. The van der Waals surface area contributed by atoms with Gasteiger partial charge in [-0.25, -0.2) is 8.42 Å². The average Bonchev–Trinajstić information content (AvgIpc) is 2.83. The number of sulfonamides is 1. The zero-order valence-electron chi connectivity index (χ0n) is 19.0. The first kappa shape index (κ1) is 24.5. The molecule has 1 fully saturated rings. The lowest BCUT2D eigenvalue weighted by Gasteiger charge is -2.32. The van der Waals surface area contributed by atoms with Gasteiger partial charge in [0.1, 0.15) is 0 Å². The minimum atomic E-state index is -3.73. The van der Waals surface area contributed by atoms with Crippen LogP contribution in [0.1, 0.15) is 12.8 Å². The first-order valence-electron chi connectivity index (χ1n) is 10.6. The number of carbonyl (C=O) groups excluding carboxylic acids is 2. The third-order valence-electron chi connectivity index (χ3n) is 5.61. The molecule has 2 amide bonds. The van der Waals surface area contributed by atoms with Crippen molar-refractivity contribution in [3.8, 4) is 11.5 Å². The highest BCUT2D eigenvalue weighted by atomic mass is 32.2. The van der Waals surface area contributed by atoms with E-state index in [-0.39, 0.29) is 42.3 Å². The van der Waals surface area contributed by atoms with Gasteiger partial charge in [-0.15, -0.1) is 0 Å². The number of nitrogens with one attached hydrogen (secondary N) is 1. The van der Waals surface area contributed by atoms with Gasteiger partial charge < -0.3 is 19.7 Å². The van der Waals surface area contributed by atoms with Crippen molar-refractivity contribution in [1.29, 1.82) is 0 Å². The number of ether oxygens (including phenoxy) is 2. The second-order valence-corrected chi connectivity index (χ2v) is 9.74. The first-order chi connectivity index (χ1) is 15.8. The van der Waals surface area contributed by atoms with E-state index in [9.17, 15) is 18.0 Å². The van der Waals surface area contributed by atoms with Crippen molar-refractivity contribution >= 4 is 27.5 Å². The summed E-state index contributed by atoms with van der Waals surface area (Å²) in [5.41, 5.74) is 0.664. The number of benzene rings is 2. The fraction of sp³-hybridized carbons (Fsp3) is 0.391. The molecule has 2 aromatic rings. The van der Waals surface area contributed by atoms with Crippen molar-refractivity contribution in [3.63, 3.8) is 0 Å². The Morgan fingerprint density at radius 2 is 1.67 bits per heavy atom. The molecule has 0 atom stereocenters. The average molecular weight is 476 g/mol. The van der Waals surface area contributed by atoms with E-state index < -0.39 is 10.0 Å². The van der Waals surface area contributed by atoms with Gasteiger partial charge in [-0.3, -0.25) is 9.59 Å². The Bertz CT molecular complexity index is 1080. The van der Waals surface area contributed by atoms with E-state index in [1.165, 1.54) is 35.6 Å². The standard InChI is InChI=1S/C23H29N3O6S/c1-25(16-22(27)24-18-7-5-4-6-8-18)23(28)17-11-13-26(14-12-17)33(29,30)19-9-10-20(31-2)21(15-19)32-3/h4-10,15,17H,11-14,16H2,1-3H3,(H,24,27). The van der Waals surface area contributed by atoms with Crippen LogP contribution >= 0.6 is 0 Å². The highest BCUT2D eigenvalue weighted by Crippen LogP contribution is 2.32. The van der Waals surface area contributed by atoms with Crippen molar-refractivity contribution < 1.29 is 27.5 Å². The number of hydrogen-bond acceptors (Lipinski definition) is 6. The minimum Gasteiger partial charge on any atom is -0.493 e. The van der Waals surface area contributed by atoms with Gasteiger partial charge in [-0.05, 0) is 37.1 Å². The van der Waals surface area contributed by atoms with Crippen LogP contribution in [0.4, 0.5) is 5.69 Å². The van der Waals surface area contributed by atoms with Crippen LogP contribution in [0.25, 0.3) is 0 Å². The van der Waals surface area contributed by atoms with Gasteiger partial charge in [-0.2, -0.15) is 4.31 Å². The second-order valence-electron chi connectivity index (χ2n) is 7.80. The van der Waals surface area contributed by atoms with E-state index >= 15 is 0 Å². The smallest absolute Gasteiger partial charge is 0.243 e. The Balaban J connectivity index is 1.57. The number of hydrogen-bond donors (Lipinski definition) is 1. The monoisotopic (exact) mass is 475 g/mol. The maximum absolute atomic E-state index is 13.1. The van der Waals surface area contributed by atoms with E-state index in [0.29, 0.717) is 30.0 Å².